The number of hydrogen-bond donors (Lipinski definition) is 2. The topological polar surface area (TPSA) is 93.5 Å². The zero-order valence-electron chi connectivity index (χ0n) is 12.7. The van der Waals surface area contributed by atoms with Crippen molar-refractivity contribution in [1.82, 2.24) is 29.9 Å². The van der Waals surface area contributed by atoms with E-state index in [0.29, 0.717) is 17.0 Å². The Morgan fingerprint density at radius 2 is 2.13 bits per heavy atom. The fourth-order valence-electron chi connectivity index (χ4n) is 2.01. The first-order chi connectivity index (χ1) is 10.8. The van der Waals surface area contributed by atoms with Crippen molar-refractivity contribution >= 4 is 38.5 Å². The second kappa shape index (κ2) is 5.52. The number of rotatable bonds is 5. The van der Waals surface area contributed by atoms with Crippen molar-refractivity contribution in [1.29, 1.82) is 0 Å². The molecule has 0 saturated carbocycles. The number of fused-ring (bicyclic) bond motifs is 1. The van der Waals surface area contributed by atoms with Crippen LogP contribution in [-0.4, -0.2) is 52.2 Å². The average molecular weight is 319 g/mol. The lowest BCUT2D eigenvalue weighted by Crippen LogP contribution is -2.32. The third kappa shape index (κ3) is 3.25. The Kier molecular flexibility index (Phi) is 3.66. The van der Waals surface area contributed by atoms with E-state index in [0.717, 1.165) is 0 Å². The lowest BCUT2D eigenvalue weighted by molar-refractivity contribution is -0.0528. The summed E-state index contributed by atoms with van der Waals surface area (Å²) in [6.07, 6.45) is 3.15. The Balaban J connectivity index is 1.87. The minimum absolute atomic E-state index is 0.142. The molecule has 0 spiro atoms. The normalized spacial score (nSPS) is 12.0. The largest absolute Gasteiger partial charge is 0.417 e. The highest BCUT2D eigenvalue weighted by Gasteiger charge is 2.19. The summed E-state index contributed by atoms with van der Waals surface area (Å²) in [7, 11) is 4.01. The first-order valence-corrected chi connectivity index (χ1v) is 6.81. The van der Waals surface area contributed by atoms with Crippen molar-refractivity contribution in [3.8, 4) is 5.88 Å². The number of hydrogen-bond acceptors (Lipinski definition) is 6. The molecule has 3 heterocycles. The van der Waals surface area contributed by atoms with Gasteiger partial charge in [-0.05, 0) is 0 Å². The van der Waals surface area contributed by atoms with E-state index in [9.17, 15) is 8.78 Å². The van der Waals surface area contributed by atoms with Gasteiger partial charge in [0.15, 0.2) is 17.3 Å². The van der Waals surface area contributed by atoms with Gasteiger partial charge in [-0.3, -0.25) is 4.68 Å². The van der Waals surface area contributed by atoms with Gasteiger partial charge in [0.25, 0.3) is 0 Å². The van der Waals surface area contributed by atoms with E-state index in [4.69, 9.17) is 0 Å². The van der Waals surface area contributed by atoms with Crippen molar-refractivity contribution in [2.45, 2.75) is 18.9 Å². The second-order valence-corrected chi connectivity index (χ2v) is 5.81. The second-order valence-electron chi connectivity index (χ2n) is 5.81. The molecule has 0 aliphatic carbocycles. The molecule has 0 atom stereocenters. The van der Waals surface area contributed by atoms with E-state index in [2.05, 4.69) is 35.3 Å². The Bertz CT molecular complexity index is 829. The predicted octanol–water partition coefficient (Wildman–Crippen LogP) is -0.209. The zero-order valence-corrected chi connectivity index (χ0v) is 12.7. The van der Waals surface area contributed by atoms with Crippen molar-refractivity contribution in [3.05, 3.63) is 18.5 Å². The van der Waals surface area contributed by atoms with Gasteiger partial charge in [-0.15, -0.1) is 0 Å². The molecule has 23 heavy (non-hydrogen) atoms. The lowest BCUT2D eigenvalue weighted by atomic mass is 9.64. The average Bonchev–Trinajstić information content (AvgIpc) is 3.03. The van der Waals surface area contributed by atoms with Crippen LogP contribution in [0.5, 0.6) is 5.88 Å². The van der Waals surface area contributed by atoms with Crippen molar-refractivity contribution < 1.29 is 13.5 Å². The highest BCUT2D eigenvalue weighted by Crippen LogP contribution is 2.20. The van der Waals surface area contributed by atoms with Gasteiger partial charge in [0.1, 0.15) is 21.2 Å². The summed E-state index contributed by atoms with van der Waals surface area (Å²) in [6.45, 7) is -0.913. The Morgan fingerprint density at radius 3 is 2.83 bits per heavy atom. The number of anilines is 2. The van der Waals surface area contributed by atoms with Crippen molar-refractivity contribution in [2.24, 2.45) is 0 Å². The highest BCUT2D eigenvalue weighted by atomic mass is 19.3. The summed E-state index contributed by atoms with van der Waals surface area (Å²) in [6, 6.07) is 1.30. The third-order valence-electron chi connectivity index (χ3n) is 2.94. The summed E-state index contributed by atoms with van der Waals surface area (Å²) in [4.78, 5) is 8.72. The van der Waals surface area contributed by atoms with Crippen LogP contribution in [0.25, 0.3) is 11.2 Å². The molecule has 0 bridgehead atoms. The zero-order chi connectivity index (χ0) is 16.6. The Hall–Kier alpha value is -2.65. The van der Waals surface area contributed by atoms with Crippen LogP contribution in [0, 0.1) is 0 Å². The van der Waals surface area contributed by atoms with E-state index in [1.54, 1.807) is 10.9 Å². The number of nitrogens with zero attached hydrogens (tertiary/aromatic N) is 5. The van der Waals surface area contributed by atoms with Gasteiger partial charge in [0, 0.05) is 11.4 Å². The SMILES string of the molecule is BC(B)(C)n1ncc2ncc(Nc3cc(OC(F)F)[nH]n3)nc21. The van der Waals surface area contributed by atoms with Gasteiger partial charge in [-0.25, -0.2) is 15.1 Å². The quantitative estimate of drug-likeness (QED) is 0.632. The fourth-order valence-corrected chi connectivity index (χ4v) is 2.01. The van der Waals surface area contributed by atoms with Gasteiger partial charge < -0.3 is 10.1 Å². The number of halogens is 2. The van der Waals surface area contributed by atoms with Crippen molar-refractivity contribution in [3.63, 3.8) is 0 Å². The van der Waals surface area contributed by atoms with Gasteiger partial charge in [0.05, 0.1) is 12.4 Å². The number of nitrogens with one attached hydrogen (secondary N) is 2. The van der Waals surface area contributed by atoms with Gasteiger partial charge >= 0.3 is 6.61 Å². The van der Waals surface area contributed by atoms with Gasteiger partial charge in [-0.2, -0.15) is 19.0 Å². The molecule has 3 aromatic rings. The summed E-state index contributed by atoms with van der Waals surface area (Å²) in [5.41, 5.74) is 1.27. The van der Waals surface area contributed by atoms with Gasteiger partial charge in [-0.1, -0.05) is 6.92 Å². The predicted molar refractivity (Wildman–Crippen MR) is 84.6 cm³/mol. The smallest absolute Gasteiger partial charge is 0.388 e. The minimum atomic E-state index is -2.92. The number of H-pyrrole nitrogens is 1. The monoisotopic (exact) mass is 319 g/mol. The molecular formula is C11H13B2F2N7O. The lowest BCUT2D eigenvalue weighted by Gasteiger charge is -2.19. The van der Waals surface area contributed by atoms with Crippen LogP contribution in [0.1, 0.15) is 6.92 Å². The molecule has 0 unspecified atom stereocenters. The van der Waals surface area contributed by atoms with E-state index < -0.39 is 6.61 Å². The Labute approximate surface area is 131 Å². The summed E-state index contributed by atoms with van der Waals surface area (Å²) in [5, 5.41) is 13.1. The Morgan fingerprint density at radius 1 is 1.35 bits per heavy atom. The van der Waals surface area contributed by atoms with Crippen LogP contribution >= 0.6 is 0 Å². The molecule has 0 aromatic carbocycles. The van der Waals surface area contributed by atoms with Crippen LogP contribution in [0.2, 0.25) is 0 Å². The summed E-state index contributed by atoms with van der Waals surface area (Å²) < 4.78 is 30.2. The number of aromatic amines is 1. The molecule has 0 aliphatic heterocycles. The summed E-state index contributed by atoms with van der Waals surface area (Å²) in [5.74, 6) is 0.561. The standard InChI is InChI=1S/C11H13B2F2N7O/c1-11(12,13)22-9-5(3-17-22)16-4-7(19-9)18-6-2-8(21-20-6)23-10(14)15/h2-4,10H,12-13H2,1H3,(H2,18,19,20,21). The molecule has 0 amide bonds. The maximum absolute atomic E-state index is 12.1. The van der Waals surface area contributed by atoms with Crippen LogP contribution in [0.4, 0.5) is 20.4 Å². The molecule has 3 rings (SSSR count). The van der Waals surface area contributed by atoms with Crippen LogP contribution in [0.15, 0.2) is 18.5 Å². The molecule has 12 heteroatoms. The maximum atomic E-state index is 12.1. The number of ether oxygens (including phenoxy) is 1. The molecule has 2 N–H and O–H groups in total. The minimum Gasteiger partial charge on any atom is -0.417 e. The molecule has 0 aliphatic rings. The molecule has 8 nitrogen and oxygen atoms in total. The van der Waals surface area contributed by atoms with E-state index in [1.807, 2.05) is 22.6 Å². The summed E-state index contributed by atoms with van der Waals surface area (Å²) >= 11 is 0. The van der Waals surface area contributed by atoms with Crippen LogP contribution in [0.3, 0.4) is 0 Å². The third-order valence-corrected chi connectivity index (χ3v) is 2.94. The first-order valence-electron chi connectivity index (χ1n) is 6.81. The molecule has 0 fully saturated rings. The van der Waals surface area contributed by atoms with E-state index in [1.165, 1.54) is 12.3 Å². The van der Waals surface area contributed by atoms with Crippen LogP contribution < -0.4 is 10.1 Å². The van der Waals surface area contributed by atoms with E-state index >= 15 is 0 Å². The molecule has 0 radical (unpaired) electrons. The fraction of sp³-hybridized carbons (Fsp3) is 0.273. The molecular weight excluding hydrogens is 306 g/mol. The molecule has 0 saturated heterocycles. The maximum Gasteiger partial charge on any atom is 0.388 e. The van der Waals surface area contributed by atoms with Gasteiger partial charge in [0.2, 0.25) is 5.88 Å². The van der Waals surface area contributed by atoms with Crippen LogP contribution in [-0.2, 0) is 5.34 Å². The van der Waals surface area contributed by atoms with Crippen molar-refractivity contribution in [2.75, 3.05) is 5.32 Å². The number of aromatic nitrogens is 6. The highest BCUT2D eigenvalue weighted by molar-refractivity contribution is 6.37. The molecule has 118 valence electrons. The molecule has 3 aromatic heterocycles. The first kappa shape index (κ1) is 15.3. The number of alkyl halides is 2. The van der Waals surface area contributed by atoms with E-state index in [-0.39, 0.29) is 17.0 Å².